The lowest BCUT2D eigenvalue weighted by atomic mass is 10.2. The number of hydrogen-bond donors (Lipinski definition) is 1. The molecule has 30 heavy (non-hydrogen) atoms. The highest BCUT2D eigenvalue weighted by Gasteiger charge is 2.08. The molecular formula is C20H19N7O3. The zero-order chi connectivity index (χ0) is 20.8. The number of amides is 1. The van der Waals surface area contributed by atoms with Crippen LogP contribution in [-0.2, 0) is 18.1 Å². The molecule has 0 unspecified atom stereocenters. The second-order valence-electron chi connectivity index (χ2n) is 6.26. The molecule has 1 N–H and O–H groups in total. The number of hydrazone groups is 1. The zero-order valence-electron chi connectivity index (χ0n) is 16.2. The van der Waals surface area contributed by atoms with E-state index in [0.29, 0.717) is 11.5 Å². The molecule has 10 nitrogen and oxygen atoms in total. The Morgan fingerprint density at radius 1 is 1.20 bits per heavy atom. The Bertz CT molecular complexity index is 1170. The maximum absolute atomic E-state index is 12.2. The van der Waals surface area contributed by atoms with E-state index in [0.717, 1.165) is 16.6 Å². The standard InChI is InChI=1S/C20H19N7O3/c1-29-18-8-7-15(11-19(18)30-14-26-10-4-9-22-26)12-21-24-20(28)13-27-17-6-3-2-5-16(17)23-25-27/h2-12H,13-14H2,1H3,(H,24,28)/b21-12+. The van der Waals surface area contributed by atoms with Gasteiger partial charge in [0, 0.05) is 12.4 Å². The number of para-hydroxylation sites is 1. The molecule has 152 valence electrons. The van der Waals surface area contributed by atoms with Gasteiger partial charge in [-0.25, -0.2) is 14.8 Å². The van der Waals surface area contributed by atoms with E-state index in [9.17, 15) is 4.79 Å². The van der Waals surface area contributed by atoms with Crippen LogP contribution in [0.25, 0.3) is 11.0 Å². The minimum Gasteiger partial charge on any atom is -0.493 e. The third-order valence-electron chi connectivity index (χ3n) is 4.22. The summed E-state index contributed by atoms with van der Waals surface area (Å²) in [4.78, 5) is 12.2. The van der Waals surface area contributed by atoms with E-state index >= 15 is 0 Å². The fourth-order valence-corrected chi connectivity index (χ4v) is 2.78. The molecule has 0 fully saturated rings. The van der Waals surface area contributed by atoms with Crippen molar-refractivity contribution in [2.75, 3.05) is 7.11 Å². The molecule has 2 aromatic carbocycles. The quantitative estimate of drug-likeness (QED) is 0.354. The molecule has 0 saturated heterocycles. The van der Waals surface area contributed by atoms with Gasteiger partial charge in [0.2, 0.25) is 0 Å². The van der Waals surface area contributed by atoms with Gasteiger partial charge in [-0.1, -0.05) is 17.3 Å². The lowest BCUT2D eigenvalue weighted by Crippen LogP contribution is -2.23. The summed E-state index contributed by atoms with van der Waals surface area (Å²) in [6.45, 7) is 0.255. The lowest BCUT2D eigenvalue weighted by molar-refractivity contribution is -0.121. The first-order chi connectivity index (χ1) is 14.7. The average Bonchev–Trinajstić information content (AvgIpc) is 3.43. The van der Waals surface area contributed by atoms with Crippen molar-refractivity contribution in [2.45, 2.75) is 13.3 Å². The van der Waals surface area contributed by atoms with E-state index in [4.69, 9.17) is 9.47 Å². The molecule has 2 heterocycles. The molecule has 0 aliphatic heterocycles. The Kier molecular flexibility index (Phi) is 5.65. The molecule has 0 spiro atoms. The molecule has 0 atom stereocenters. The largest absolute Gasteiger partial charge is 0.493 e. The Morgan fingerprint density at radius 2 is 2.10 bits per heavy atom. The summed E-state index contributed by atoms with van der Waals surface area (Å²) >= 11 is 0. The minimum absolute atomic E-state index is 0.0126. The van der Waals surface area contributed by atoms with Gasteiger partial charge in [0.15, 0.2) is 18.2 Å². The van der Waals surface area contributed by atoms with Crippen LogP contribution in [0.4, 0.5) is 0 Å². The monoisotopic (exact) mass is 405 g/mol. The summed E-state index contributed by atoms with van der Waals surface area (Å²) in [5, 5.41) is 16.1. The van der Waals surface area contributed by atoms with Gasteiger partial charge in [-0.2, -0.15) is 10.2 Å². The van der Waals surface area contributed by atoms with E-state index < -0.39 is 0 Å². The summed E-state index contributed by atoms with van der Waals surface area (Å²) in [6, 6.07) is 14.6. The van der Waals surface area contributed by atoms with Crippen molar-refractivity contribution in [1.82, 2.24) is 30.2 Å². The van der Waals surface area contributed by atoms with Crippen molar-refractivity contribution in [3.63, 3.8) is 0 Å². The van der Waals surface area contributed by atoms with Gasteiger partial charge in [0.25, 0.3) is 5.91 Å². The Hall–Kier alpha value is -4.21. The number of nitrogens with one attached hydrogen (secondary N) is 1. The SMILES string of the molecule is COc1ccc(/C=N/NC(=O)Cn2nnc3ccccc32)cc1OCn1cccn1. The average molecular weight is 405 g/mol. The first-order valence-electron chi connectivity index (χ1n) is 9.11. The summed E-state index contributed by atoms with van der Waals surface area (Å²) in [5.74, 6) is 0.810. The number of carbonyl (C=O) groups is 1. The molecule has 10 heteroatoms. The molecule has 0 aliphatic carbocycles. The van der Waals surface area contributed by atoms with E-state index in [-0.39, 0.29) is 19.2 Å². The van der Waals surface area contributed by atoms with E-state index in [1.54, 1.807) is 42.4 Å². The Labute approximate surface area is 171 Å². The van der Waals surface area contributed by atoms with Crippen LogP contribution < -0.4 is 14.9 Å². The van der Waals surface area contributed by atoms with Gasteiger partial charge in [-0.15, -0.1) is 5.10 Å². The van der Waals surface area contributed by atoms with Gasteiger partial charge >= 0.3 is 0 Å². The van der Waals surface area contributed by atoms with Crippen LogP contribution in [0.15, 0.2) is 66.0 Å². The number of benzene rings is 2. The van der Waals surface area contributed by atoms with Crippen LogP contribution in [0.3, 0.4) is 0 Å². The predicted octanol–water partition coefficient (Wildman–Crippen LogP) is 1.82. The minimum atomic E-state index is -0.314. The van der Waals surface area contributed by atoms with Crippen LogP contribution in [-0.4, -0.2) is 44.0 Å². The first-order valence-corrected chi connectivity index (χ1v) is 9.11. The lowest BCUT2D eigenvalue weighted by Gasteiger charge is -2.11. The van der Waals surface area contributed by atoms with E-state index in [1.807, 2.05) is 30.3 Å². The molecule has 4 rings (SSSR count). The smallest absolute Gasteiger partial charge is 0.261 e. The Morgan fingerprint density at radius 3 is 2.93 bits per heavy atom. The van der Waals surface area contributed by atoms with Crippen LogP contribution in [0.2, 0.25) is 0 Å². The maximum Gasteiger partial charge on any atom is 0.261 e. The zero-order valence-corrected chi connectivity index (χ0v) is 16.2. The number of hydrogen-bond acceptors (Lipinski definition) is 7. The number of aromatic nitrogens is 5. The second-order valence-corrected chi connectivity index (χ2v) is 6.26. The number of nitrogens with zero attached hydrogens (tertiary/aromatic N) is 6. The van der Waals surface area contributed by atoms with Gasteiger partial charge < -0.3 is 9.47 Å². The third kappa shape index (κ3) is 4.43. The molecule has 1 amide bonds. The molecule has 4 aromatic rings. The van der Waals surface area contributed by atoms with E-state index in [1.165, 1.54) is 10.9 Å². The molecule has 0 aliphatic rings. The summed E-state index contributed by atoms with van der Waals surface area (Å²) in [7, 11) is 1.57. The van der Waals surface area contributed by atoms with Crippen LogP contribution >= 0.6 is 0 Å². The highest BCUT2D eigenvalue weighted by Crippen LogP contribution is 2.27. The van der Waals surface area contributed by atoms with Crippen LogP contribution in [0, 0.1) is 0 Å². The molecule has 0 bridgehead atoms. The second kappa shape index (κ2) is 8.86. The maximum atomic E-state index is 12.2. The summed E-state index contributed by atoms with van der Waals surface area (Å²) < 4.78 is 14.3. The highest BCUT2D eigenvalue weighted by atomic mass is 16.5. The van der Waals surface area contributed by atoms with Gasteiger partial charge in [0.05, 0.1) is 18.8 Å². The predicted molar refractivity (Wildman–Crippen MR) is 109 cm³/mol. The third-order valence-corrected chi connectivity index (χ3v) is 4.22. The number of carbonyl (C=O) groups excluding carboxylic acids is 1. The van der Waals surface area contributed by atoms with Crippen molar-refractivity contribution in [3.8, 4) is 11.5 Å². The van der Waals surface area contributed by atoms with Crippen LogP contribution in [0.5, 0.6) is 11.5 Å². The fourth-order valence-electron chi connectivity index (χ4n) is 2.78. The Balaban J connectivity index is 1.38. The first kappa shape index (κ1) is 19.1. The van der Waals surface area contributed by atoms with Crippen molar-refractivity contribution < 1.29 is 14.3 Å². The van der Waals surface area contributed by atoms with Crippen molar-refractivity contribution in [3.05, 3.63) is 66.5 Å². The van der Waals surface area contributed by atoms with Crippen molar-refractivity contribution >= 4 is 23.2 Å². The number of ether oxygens (including phenoxy) is 2. The van der Waals surface area contributed by atoms with Gasteiger partial charge in [-0.3, -0.25) is 4.79 Å². The normalized spacial score (nSPS) is 11.1. The summed E-state index contributed by atoms with van der Waals surface area (Å²) in [5.41, 5.74) is 4.74. The van der Waals surface area contributed by atoms with Gasteiger partial charge in [-0.05, 0) is 42.0 Å². The highest BCUT2D eigenvalue weighted by molar-refractivity contribution is 5.84. The number of fused-ring (bicyclic) bond motifs is 1. The molecule has 0 radical (unpaired) electrons. The summed E-state index contributed by atoms with van der Waals surface area (Å²) in [6.07, 6.45) is 5.00. The number of rotatable bonds is 8. The van der Waals surface area contributed by atoms with E-state index in [2.05, 4.69) is 25.9 Å². The fraction of sp³-hybridized carbons (Fsp3) is 0.150. The molecule has 0 saturated carbocycles. The number of methoxy groups -OCH3 is 1. The van der Waals surface area contributed by atoms with Crippen LogP contribution in [0.1, 0.15) is 5.56 Å². The van der Waals surface area contributed by atoms with Crippen molar-refractivity contribution in [1.29, 1.82) is 0 Å². The molecule has 2 aromatic heterocycles. The molecular weight excluding hydrogens is 386 g/mol. The van der Waals surface area contributed by atoms with Gasteiger partial charge in [0.1, 0.15) is 12.1 Å². The van der Waals surface area contributed by atoms with Crippen molar-refractivity contribution in [2.24, 2.45) is 5.10 Å². The topological polar surface area (TPSA) is 108 Å².